The quantitative estimate of drug-likeness (QED) is 0.0164. The van der Waals surface area contributed by atoms with Gasteiger partial charge in [-0.2, -0.15) is 0 Å². The van der Waals surface area contributed by atoms with E-state index in [-0.39, 0.29) is 18.9 Å². The van der Waals surface area contributed by atoms with E-state index in [1.807, 2.05) is 63.7 Å². The lowest BCUT2D eigenvalue weighted by atomic mass is 10.1. The molecule has 0 aromatic heterocycles. The molecule has 0 saturated carbocycles. The first-order valence-corrected chi connectivity index (χ1v) is 22.3. The Labute approximate surface area is 340 Å². The number of rotatable bonds is 35. The van der Waals surface area contributed by atoms with E-state index in [1.54, 1.807) is 42.5 Å². The van der Waals surface area contributed by atoms with E-state index in [1.165, 1.54) is 32.1 Å². The van der Waals surface area contributed by atoms with E-state index in [9.17, 15) is 29.6 Å². The fraction of sp³-hybridized carbons (Fsp3) is 0.622. The first-order chi connectivity index (χ1) is 26.8. The van der Waals surface area contributed by atoms with E-state index in [0.29, 0.717) is 36.7 Å². The van der Waals surface area contributed by atoms with Crippen LogP contribution < -0.4 is 10.2 Å². The Hall–Kier alpha value is -2.66. The summed E-state index contributed by atoms with van der Waals surface area (Å²) in [6, 6.07) is -0.973. The molecule has 0 bridgehead atoms. The van der Waals surface area contributed by atoms with Crippen molar-refractivity contribution in [1.29, 1.82) is 0 Å². The van der Waals surface area contributed by atoms with E-state index in [4.69, 9.17) is 9.05 Å². The van der Waals surface area contributed by atoms with Crippen LogP contribution in [0.1, 0.15) is 117 Å². The maximum atomic E-state index is 12.8. The summed E-state index contributed by atoms with van der Waals surface area (Å²) in [6.07, 6.45) is 42.4. The van der Waals surface area contributed by atoms with E-state index in [0.717, 1.165) is 38.5 Å². The number of hydrogen-bond acceptors (Lipinski definition) is 8. The zero-order valence-corrected chi connectivity index (χ0v) is 36.2. The van der Waals surface area contributed by atoms with Gasteiger partial charge in [0.25, 0.3) is 7.82 Å². The molecule has 0 aliphatic carbocycles. The molecule has 0 spiro atoms. The summed E-state index contributed by atoms with van der Waals surface area (Å²) in [6.45, 7) is 4.20. The Morgan fingerprint density at radius 2 is 1.25 bits per heavy atom. The number of likely N-dealkylation sites (N-methyl/N-ethyl adjacent to an activating group) is 1. The molecule has 0 aromatic carbocycles. The monoisotopic (exact) mass is 805 g/mol. The van der Waals surface area contributed by atoms with Crippen molar-refractivity contribution in [2.24, 2.45) is 0 Å². The topological polar surface area (TPSA) is 148 Å². The van der Waals surface area contributed by atoms with Crippen LogP contribution >= 0.6 is 7.82 Å². The lowest BCUT2D eigenvalue weighted by Crippen LogP contribution is -2.45. The first-order valence-electron chi connectivity index (χ1n) is 20.8. The number of nitrogens with zero attached hydrogens (tertiary/aromatic N) is 1. The minimum absolute atomic E-state index is 0.0421. The highest BCUT2D eigenvalue weighted by atomic mass is 31.2. The number of aliphatic hydroxyl groups excluding tert-OH is 3. The molecule has 11 heteroatoms. The van der Waals surface area contributed by atoms with Gasteiger partial charge in [0.2, 0.25) is 5.91 Å². The van der Waals surface area contributed by atoms with E-state index < -0.39 is 38.8 Å². The molecule has 0 fully saturated rings. The molecule has 0 heterocycles. The van der Waals surface area contributed by atoms with Crippen LogP contribution in [0.3, 0.4) is 0 Å². The molecule has 0 aliphatic rings. The molecule has 4 N–H and O–H groups in total. The number of quaternary nitrogens is 1. The van der Waals surface area contributed by atoms with Gasteiger partial charge in [-0.15, -0.1) is 0 Å². The van der Waals surface area contributed by atoms with E-state index in [2.05, 4.69) is 31.3 Å². The Morgan fingerprint density at radius 3 is 1.86 bits per heavy atom. The first kappa shape index (κ1) is 53.3. The predicted molar refractivity (Wildman–Crippen MR) is 231 cm³/mol. The highest BCUT2D eigenvalue weighted by molar-refractivity contribution is 7.45. The van der Waals surface area contributed by atoms with Gasteiger partial charge >= 0.3 is 0 Å². The van der Waals surface area contributed by atoms with Crippen LogP contribution in [0.25, 0.3) is 0 Å². The van der Waals surface area contributed by atoms with Gasteiger partial charge in [-0.05, 0) is 64.2 Å². The van der Waals surface area contributed by atoms with Crippen LogP contribution in [0.2, 0.25) is 0 Å². The highest BCUT2D eigenvalue weighted by Gasteiger charge is 2.23. The Morgan fingerprint density at radius 1 is 0.696 bits per heavy atom. The van der Waals surface area contributed by atoms with Crippen LogP contribution in [0, 0.1) is 0 Å². The van der Waals surface area contributed by atoms with Crippen LogP contribution in [-0.2, 0) is 18.4 Å². The maximum Gasteiger partial charge on any atom is 0.268 e. The van der Waals surface area contributed by atoms with Crippen LogP contribution in [0.5, 0.6) is 0 Å². The average Bonchev–Trinajstić information content (AvgIpc) is 3.13. The molecule has 56 heavy (non-hydrogen) atoms. The summed E-state index contributed by atoms with van der Waals surface area (Å²) in [7, 11) is 1.12. The second kappa shape index (κ2) is 35.5. The molecule has 0 aliphatic heterocycles. The number of amides is 1. The van der Waals surface area contributed by atoms with Crippen molar-refractivity contribution in [2.45, 2.75) is 141 Å². The molecule has 1 amide bonds. The Bertz CT molecular complexity index is 1260. The maximum absolute atomic E-state index is 12.8. The van der Waals surface area contributed by atoms with Crippen molar-refractivity contribution in [3.8, 4) is 0 Å². The fourth-order valence-corrected chi connectivity index (χ4v) is 5.78. The molecule has 5 atom stereocenters. The van der Waals surface area contributed by atoms with Gasteiger partial charge in [-0.1, -0.05) is 143 Å². The lowest BCUT2D eigenvalue weighted by molar-refractivity contribution is -0.870. The third-order valence-electron chi connectivity index (χ3n) is 8.43. The second-order valence-corrected chi connectivity index (χ2v) is 16.4. The van der Waals surface area contributed by atoms with Crippen LogP contribution in [0.4, 0.5) is 0 Å². The summed E-state index contributed by atoms with van der Waals surface area (Å²) < 4.78 is 23.0. The second-order valence-electron chi connectivity index (χ2n) is 15.0. The standard InChI is InChI=1S/C45H77N2O8P/c1-6-8-10-11-12-13-14-15-16-17-18-22-30-36-44(50)43(40-55-56(52,53)54-39-38-47(3,4)5)46-45(51)37-31-23-20-19-21-27-33-42(49)35-29-25-24-28-34-41(48)32-26-9-7-2/h9-11,20-21,23-30,34-36,41-44,48-50H,6-8,12-19,22,31-33,37-40H2,1-5H3,(H-,46,51,52,53)/b11-10-,23-20-,25-24-,26-9-,27-21-,34-28+,35-29+,36-30+/t41-,42+,43-,44+/m0/s1. The molecule has 0 saturated heterocycles. The summed E-state index contributed by atoms with van der Waals surface area (Å²) in [5.41, 5.74) is 0. The number of aliphatic hydroxyl groups is 3. The molecule has 1 unspecified atom stereocenters. The van der Waals surface area contributed by atoms with Crippen molar-refractivity contribution in [1.82, 2.24) is 5.32 Å². The lowest BCUT2D eigenvalue weighted by Gasteiger charge is -2.29. The van der Waals surface area contributed by atoms with Crippen molar-refractivity contribution < 1.29 is 43.1 Å². The number of phosphoric ester groups is 1. The molecular weight excluding hydrogens is 727 g/mol. The molecular formula is C45H77N2O8P. The molecule has 10 nitrogen and oxygen atoms in total. The van der Waals surface area contributed by atoms with Crippen molar-refractivity contribution in [3.05, 3.63) is 97.2 Å². The van der Waals surface area contributed by atoms with Crippen LogP contribution in [0.15, 0.2) is 97.2 Å². The van der Waals surface area contributed by atoms with Gasteiger partial charge in [0, 0.05) is 6.42 Å². The largest absolute Gasteiger partial charge is 0.756 e. The predicted octanol–water partition coefficient (Wildman–Crippen LogP) is 8.49. The van der Waals surface area contributed by atoms with Gasteiger partial charge < -0.3 is 39.1 Å². The van der Waals surface area contributed by atoms with Crippen molar-refractivity contribution in [2.75, 3.05) is 40.9 Å². The zero-order chi connectivity index (χ0) is 41.8. The molecule has 0 aromatic rings. The number of hydrogen-bond donors (Lipinski definition) is 4. The number of phosphoric acid groups is 1. The Balaban J connectivity index is 4.76. The number of unbranched alkanes of at least 4 members (excludes halogenated alkanes) is 8. The van der Waals surface area contributed by atoms with Crippen molar-refractivity contribution >= 4 is 13.7 Å². The minimum Gasteiger partial charge on any atom is -0.756 e. The van der Waals surface area contributed by atoms with Crippen LogP contribution in [-0.4, -0.2) is 91.0 Å². The van der Waals surface area contributed by atoms with Gasteiger partial charge in [0.1, 0.15) is 13.2 Å². The normalized spacial score (nSPS) is 16.5. The minimum atomic E-state index is -4.64. The third kappa shape index (κ3) is 36.9. The number of carbonyl (C=O) groups is 1. The summed E-state index contributed by atoms with van der Waals surface area (Å²) in [5, 5.41) is 33.6. The average molecular weight is 805 g/mol. The third-order valence-corrected chi connectivity index (χ3v) is 9.39. The smallest absolute Gasteiger partial charge is 0.268 e. The van der Waals surface area contributed by atoms with Gasteiger partial charge in [0.15, 0.2) is 0 Å². The van der Waals surface area contributed by atoms with Crippen molar-refractivity contribution in [3.63, 3.8) is 0 Å². The summed E-state index contributed by atoms with van der Waals surface area (Å²) in [5.74, 6) is -0.335. The van der Waals surface area contributed by atoms with E-state index >= 15 is 0 Å². The molecule has 0 radical (unpaired) electrons. The highest BCUT2D eigenvalue weighted by Crippen LogP contribution is 2.38. The number of carbonyl (C=O) groups excluding carboxylic acids is 1. The molecule has 0 rings (SSSR count). The van der Waals surface area contributed by atoms with Gasteiger partial charge in [-0.25, -0.2) is 0 Å². The van der Waals surface area contributed by atoms with Gasteiger partial charge in [0.05, 0.1) is 52.1 Å². The van der Waals surface area contributed by atoms with Gasteiger partial charge in [-0.3, -0.25) is 9.36 Å². The number of allylic oxidation sites excluding steroid dienone is 11. The zero-order valence-electron chi connectivity index (χ0n) is 35.3. The summed E-state index contributed by atoms with van der Waals surface area (Å²) >= 11 is 0. The summed E-state index contributed by atoms with van der Waals surface area (Å²) in [4.78, 5) is 25.2. The SMILES string of the molecule is CC/C=C\C[C@H](O)/C=C/C=C\C=C\[C@H](O)C/C=C\C/C=C\CCC(=O)N[C@@H](COP(=O)([O-])OCC[N+](C)(C)C)[C@H](O)/C=C/CCCCCCCC/C=C\CCC. The fourth-order valence-electron chi connectivity index (χ4n) is 5.06. The molecule has 320 valence electrons. The number of nitrogens with one attached hydrogen (secondary N) is 1. The Kier molecular flexibility index (Phi) is 33.8.